The number of halogens is 1. The van der Waals surface area contributed by atoms with Gasteiger partial charge < -0.3 is 14.6 Å². The lowest BCUT2D eigenvalue weighted by atomic mass is 10.2. The largest absolute Gasteiger partial charge is 0.484 e. The highest BCUT2D eigenvalue weighted by Gasteiger charge is 2.30. The Kier molecular flexibility index (Phi) is 3.93. The maximum atomic E-state index is 11.9. The van der Waals surface area contributed by atoms with Crippen LogP contribution in [0.15, 0.2) is 18.2 Å². The second kappa shape index (κ2) is 5.46. The summed E-state index contributed by atoms with van der Waals surface area (Å²) in [6.45, 7) is 2.09. The number of rotatable bonds is 2. The molecule has 1 unspecified atom stereocenters. The molecule has 1 aliphatic rings. The molecule has 0 aliphatic carbocycles. The average Bonchev–Trinajstić information content (AvgIpc) is 2.37. The topological polar surface area (TPSA) is 59.0 Å². The second-order valence-corrected chi connectivity index (χ2v) is 4.28. The molecule has 2 rings (SSSR count). The van der Waals surface area contributed by atoms with Gasteiger partial charge in [0.25, 0.3) is 0 Å². The summed E-state index contributed by atoms with van der Waals surface area (Å²) in [5.41, 5.74) is 0.561. The second-order valence-electron chi connectivity index (χ2n) is 3.84. The zero-order chi connectivity index (χ0) is 13.1. The van der Waals surface area contributed by atoms with Gasteiger partial charge in [0, 0.05) is 5.02 Å². The molecule has 0 spiro atoms. The van der Waals surface area contributed by atoms with Crippen molar-refractivity contribution in [2.45, 2.75) is 13.0 Å². The summed E-state index contributed by atoms with van der Waals surface area (Å²) >= 11 is 5.91. The maximum Gasteiger partial charge on any atom is 0.414 e. The third kappa shape index (κ3) is 2.52. The molecule has 1 aromatic rings. The fourth-order valence-electron chi connectivity index (χ4n) is 1.79. The minimum atomic E-state index is -0.470. The molecule has 0 saturated heterocycles. The van der Waals surface area contributed by atoms with Crippen LogP contribution in [0.4, 0.5) is 10.5 Å². The van der Waals surface area contributed by atoms with Crippen LogP contribution in [0.5, 0.6) is 5.75 Å². The Labute approximate surface area is 110 Å². The van der Waals surface area contributed by atoms with E-state index in [2.05, 4.69) is 0 Å². The molecule has 1 heterocycles. The summed E-state index contributed by atoms with van der Waals surface area (Å²) in [6, 6.07) is 4.98. The number of ether oxygens (including phenoxy) is 2. The summed E-state index contributed by atoms with van der Waals surface area (Å²) in [4.78, 5) is 13.3. The van der Waals surface area contributed by atoms with Gasteiger partial charge in [-0.1, -0.05) is 11.6 Å². The number of aliphatic hydroxyl groups is 1. The van der Waals surface area contributed by atoms with Crippen molar-refractivity contribution in [1.82, 2.24) is 0 Å². The van der Waals surface area contributed by atoms with Crippen molar-refractivity contribution < 1.29 is 19.4 Å². The Morgan fingerprint density at radius 2 is 2.44 bits per heavy atom. The minimum Gasteiger partial charge on any atom is -0.484 e. The molecule has 1 N–H and O–H groups in total. The maximum absolute atomic E-state index is 11.9. The highest BCUT2D eigenvalue weighted by atomic mass is 35.5. The van der Waals surface area contributed by atoms with Crippen LogP contribution in [-0.2, 0) is 4.74 Å². The van der Waals surface area contributed by atoms with Crippen LogP contribution >= 0.6 is 11.6 Å². The van der Waals surface area contributed by atoms with Gasteiger partial charge in [-0.3, -0.25) is 4.90 Å². The van der Waals surface area contributed by atoms with E-state index >= 15 is 0 Å². The number of anilines is 1. The summed E-state index contributed by atoms with van der Waals surface area (Å²) < 4.78 is 10.5. The van der Waals surface area contributed by atoms with E-state index in [1.165, 1.54) is 4.90 Å². The number of carbonyl (C=O) groups excluding carboxylic acids is 1. The van der Waals surface area contributed by atoms with Crippen molar-refractivity contribution in [1.29, 1.82) is 0 Å². The molecule has 1 amide bonds. The average molecular weight is 272 g/mol. The molecular weight excluding hydrogens is 258 g/mol. The van der Waals surface area contributed by atoms with Gasteiger partial charge in [0.1, 0.15) is 11.9 Å². The Balaban J connectivity index is 2.34. The van der Waals surface area contributed by atoms with Gasteiger partial charge in [0.2, 0.25) is 0 Å². The number of fused-ring (bicyclic) bond motifs is 1. The molecular formula is C12H14ClNO4. The van der Waals surface area contributed by atoms with Crippen molar-refractivity contribution >= 4 is 23.4 Å². The number of nitrogens with zero attached hydrogens (tertiary/aromatic N) is 1. The Bertz CT molecular complexity index is 452. The number of hydrogen-bond donors (Lipinski definition) is 1. The van der Waals surface area contributed by atoms with Crippen molar-refractivity contribution in [2.24, 2.45) is 0 Å². The third-order valence-electron chi connectivity index (χ3n) is 2.58. The summed E-state index contributed by atoms with van der Waals surface area (Å²) in [5, 5.41) is 9.68. The van der Waals surface area contributed by atoms with Crippen LogP contribution in [-0.4, -0.2) is 37.1 Å². The van der Waals surface area contributed by atoms with E-state index in [1.807, 2.05) is 0 Å². The van der Waals surface area contributed by atoms with Gasteiger partial charge in [0.15, 0.2) is 0 Å². The standard InChI is InChI=1S/C12H14ClNO4/c1-2-17-12(16)14-6-9(7-15)18-11-4-3-8(13)5-10(11)14/h3-5,9,15H,2,6-7H2,1H3. The van der Waals surface area contributed by atoms with Crippen LogP contribution < -0.4 is 9.64 Å². The SMILES string of the molecule is CCOC(=O)N1CC(CO)Oc2ccc(Cl)cc21. The lowest BCUT2D eigenvalue weighted by Gasteiger charge is -2.33. The number of aliphatic hydroxyl groups excluding tert-OH is 1. The number of benzene rings is 1. The van der Waals surface area contributed by atoms with Gasteiger partial charge in [-0.25, -0.2) is 4.79 Å². The normalized spacial score (nSPS) is 17.9. The van der Waals surface area contributed by atoms with E-state index in [0.29, 0.717) is 16.5 Å². The summed E-state index contributed by atoms with van der Waals surface area (Å²) in [6.07, 6.45) is -0.925. The summed E-state index contributed by atoms with van der Waals surface area (Å²) in [5.74, 6) is 0.512. The van der Waals surface area contributed by atoms with E-state index in [-0.39, 0.29) is 19.8 Å². The lowest BCUT2D eigenvalue weighted by molar-refractivity contribution is 0.105. The first-order valence-corrected chi connectivity index (χ1v) is 6.05. The Morgan fingerprint density at radius 3 is 3.11 bits per heavy atom. The smallest absolute Gasteiger partial charge is 0.414 e. The predicted molar refractivity (Wildman–Crippen MR) is 67.3 cm³/mol. The number of hydrogen-bond acceptors (Lipinski definition) is 4. The van der Waals surface area contributed by atoms with E-state index in [4.69, 9.17) is 21.1 Å². The molecule has 1 aromatic carbocycles. The zero-order valence-electron chi connectivity index (χ0n) is 9.93. The van der Waals surface area contributed by atoms with Gasteiger partial charge >= 0.3 is 6.09 Å². The van der Waals surface area contributed by atoms with Crippen LogP contribution in [0.2, 0.25) is 5.02 Å². The van der Waals surface area contributed by atoms with Crippen LogP contribution in [0.1, 0.15) is 6.92 Å². The van der Waals surface area contributed by atoms with E-state index in [0.717, 1.165) is 0 Å². The quantitative estimate of drug-likeness (QED) is 0.894. The molecule has 5 nitrogen and oxygen atoms in total. The van der Waals surface area contributed by atoms with E-state index in [9.17, 15) is 9.90 Å². The monoisotopic (exact) mass is 271 g/mol. The number of carbonyl (C=O) groups is 1. The fraction of sp³-hybridized carbons (Fsp3) is 0.417. The molecule has 0 radical (unpaired) electrons. The molecule has 18 heavy (non-hydrogen) atoms. The van der Waals surface area contributed by atoms with Gasteiger partial charge in [0.05, 0.1) is 25.4 Å². The first kappa shape index (κ1) is 13.0. The van der Waals surface area contributed by atoms with Crippen LogP contribution in [0.3, 0.4) is 0 Å². The fourth-order valence-corrected chi connectivity index (χ4v) is 1.96. The highest BCUT2D eigenvalue weighted by molar-refractivity contribution is 6.31. The van der Waals surface area contributed by atoms with Crippen LogP contribution in [0, 0.1) is 0 Å². The minimum absolute atomic E-state index is 0.169. The van der Waals surface area contributed by atoms with Crippen molar-refractivity contribution in [3.8, 4) is 5.75 Å². The Hall–Kier alpha value is -1.46. The van der Waals surface area contributed by atoms with Crippen molar-refractivity contribution in [2.75, 3.05) is 24.7 Å². The van der Waals surface area contributed by atoms with E-state index in [1.54, 1.807) is 25.1 Å². The zero-order valence-corrected chi connectivity index (χ0v) is 10.7. The first-order chi connectivity index (χ1) is 8.65. The van der Waals surface area contributed by atoms with Crippen molar-refractivity contribution in [3.05, 3.63) is 23.2 Å². The Morgan fingerprint density at radius 1 is 1.67 bits per heavy atom. The molecule has 0 bridgehead atoms. The third-order valence-corrected chi connectivity index (χ3v) is 2.82. The molecule has 0 saturated carbocycles. The molecule has 6 heteroatoms. The first-order valence-electron chi connectivity index (χ1n) is 5.67. The van der Waals surface area contributed by atoms with Gasteiger partial charge in [-0.05, 0) is 25.1 Å². The molecule has 1 aliphatic heterocycles. The van der Waals surface area contributed by atoms with Crippen molar-refractivity contribution in [3.63, 3.8) is 0 Å². The summed E-state index contributed by atoms with van der Waals surface area (Å²) in [7, 11) is 0. The molecule has 98 valence electrons. The number of amides is 1. The lowest BCUT2D eigenvalue weighted by Crippen LogP contribution is -2.45. The van der Waals surface area contributed by atoms with Gasteiger partial charge in [-0.15, -0.1) is 0 Å². The highest BCUT2D eigenvalue weighted by Crippen LogP contribution is 2.35. The molecule has 1 atom stereocenters. The van der Waals surface area contributed by atoms with Crippen LogP contribution in [0.25, 0.3) is 0 Å². The molecule has 0 aromatic heterocycles. The van der Waals surface area contributed by atoms with Gasteiger partial charge in [-0.2, -0.15) is 0 Å². The van der Waals surface area contributed by atoms with E-state index < -0.39 is 12.2 Å². The molecule has 0 fully saturated rings. The predicted octanol–water partition coefficient (Wildman–Crippen LogP) is 2.06.